The van der Waals surface area contributed by atoms with E-state index in [1.54, 1.807) is 12.4 Å². The first-order chi connectivity index (χ1) is 12.5. The Morgan fingerprint density at radius 1 is 1.15 bits per heavy atom. The zero-order valence-corrected chi connectivity index (χ0v) is 14.4. The van der Waals surface area contributed by atoms with Crippen LogP contribution < -0.4 is 5.32 Å². The summed E-state index contributed by atoms with van der Waals surface area (Å²) in [5.74, 6) is -1.68. The standard InChI is InChI=1S/C20H22F2N2O2/c21-17-3-1-13(9-18(17)22)2-4-20(26)24-19(15-11-16(25)12-15)10-14-5-7-23-8-6-14/h1,3,5-9,15-16,19,25H,2,4,10-12H2,(H,24,26)/t15?,16?,19-/m1/s1. The van der Waals surface area contributed by atoms with E-state index in [0.29, 0.717) is 31.2 Å². The largest absolute Gasteiger partial charge is 0.393 e. The van der Waals surface area contributed by atoms with Gasteiger partial charge >= 0.3 is 0 Å². The van der Waals surface area contributed by atoms with E-state index in [-0.39, 0.29) is 30.4 Å². The maximum Gasteiger partial charge on any atom is 0.220 e. The summed E-state index contributed by atoms with van der Waals surface area (Å²) in [5.41, 5.74) is 1.66. The van der Waals surface area contributed by atoms with Crippen molar-refractivity contribution in [3.05, 3.63) is 65.5 Å². The fraction of sp³-hybridized carbons (Fsp3) is 0.400. The van der Waals surface area contributed by atoms with Crippen molar-refractivity contribution in [3.63, 3.8) is 0 Å². The molecule has 1 aromatic carbocycles. The number of hydrogen-bond acceptors (Lipinski definition) is 3. The van der Waals surface area contributed by atoms with Gasteiger partial charge in [0.1, 0.15) is 0 Å². The van der Waals surface area contributed by atoms with Crippen molar-refractivity contribution in [1.29, 1.82) is 0 Å². The van der Waals surface area contributed by atoms with E-state index in [0.717, 1.165) is 17.7 Å². The van der Waals surface area contributed by atoms with Crippen LogP contribution >= 0.6 is 0 Å². The van der Waals surface area contributed by atoms with Crippen LogP contribution in [-0.2, 0) is 17.6 Å². The number of aromatic nitrogens is 1. The Hall–Kier alpha value is -2.34. The molecule has 1 aliphatic rings. The lowest BCUT2D eigenvalue weighted by molar-refractivity contribution is -0.122. The number of pyridine rings is 1. The average Bonchev–Trinajstić information content (AvgIpc) is 2.60. The van der Waals surface area contributed by atoms with Gasteiger partial charge in [0.15, 0.2) is 11.6 Å². The summed E-state index contributed by atoms with van der Waals surface area (Å²) >= 11 is 0. The van der Waals surface area contributed by atoms with Gasteiger partial charge in [0.05, 0.1) is 6.10 Å². The maximum absolute atomic E-state index is 13.2. The van der Waals surface area contributed by atoms with Gasteiger partial charge in [-0.3, -0.25) is 9.78 Å². The second-order valence-electron chi connectivity index (χ2n) is 6.87. The van der Waals surface area contributed by atoms with Crippen molar-refractivity contribution in [3.8, 4) is 0 Å². The number of benzene rings is 1. The minimum Gasteiger partial charge on any atom is -0.393 e. The topological polar surface area (TPSA) is 62.2 Å². The molecule has 6 heteroatoms. The molecule has 4 nitrogen and oxygen atoms in total. The summed E-state index contributed by atoms with van der Waals surface area (Å²) in [5, 5.41) is 12.6. The Morgan fingerprint density at radius 2 is 1.88 bits per heavy atom. The van der Waals surface area contributed by atoms with Crippen molar-refractivity contribution in [2.45, 2.75) is 44.2 Å². The average molecular weight is 360 g/mol. The lowest BCUT2D eigenvalue weighted by Gasteiger charge is -2.38. The van der Waals surface area contributed by atoms with E-state index in [4.69, 9.17) is 0 Å². The van der Waals surface area contributed by atoms with E-state index in [1.807, 2.05) is 12.1 Å². The van der Waals surface area contributed by atoms with E-state index < -0.39 is 11.6 Å². The molecular weight excluding hydrogens is 338 g/mol. The molecule has 0 saturated heterocycles. The third-order valence-corrected chi connectivity index (χ3v) is 4.89. The van der Waals surface area contributed by atoms with E-state index in [9.17, 15) is 18.7 Å². The Morgan fingerprint density at radius 3 is 2.54 bits per heavy atom. The lowest BCUT2D eigenvalue weighted by atomic mass is 9.75. The van der Waals surface area contributed by atoms with Gasteiger partial charge in [-0.15, -0.1) is 0 Å². The van der Waals surface area contributed by atoms with Gasteiger partial charge in [0.2, 0.25) is 5.91 Å². The first-order valence-corrected chi connectivity index (χ1v) is 8.81. The smallest absolute Gasteiger partial charge is 0.220 e. The molecule has 0 unspecified atom stereocenters. The van der Waals surface area contributed by atoms with Crippen molar-refractivity contribution in [2.75, 3.05) is 0 Å². The minimum atomic E-state index is -0.901. The molecule has 26 heavy (non-hydrogen) atoms. The number of aliphatic hydroxyl groups excluding tert-OH is 1. The number of carbonyl (C=O) groups is 1. The molecule has 2 N–H and O–H groups in total. The number of rotatable bonds is 7. The predicted octanol–water partition coefficient (Wildman–Crippen LogP) is 2.79. The van der Waals surface area contributed by atoms with Crippen LogP contribution in [0.15, 0.2) is 42.7 Å². The summed E-state index contributed by atoms with van der Waals surface area (Å²) in [6.07, 6.45) is 5.72. The third kappa shape index (κ3) is 4.85. The molecular formula is C20H22F2N2O2. The molecule has 3 rings (SSSR count). The molecule has 138 valence electrons. The van der Waals surface area contributed by atoms with Crippen LogP contribution in [0.25, 0.3) is 0 Å². The Bertz CT molecular complexity index is 749. The zero-order chi connectivity index (χ0) is 18.5. The van der Waals surface area contributed by atoms with Gasteiger partial charge in [-0.1, -0.05) is 6.07 Å². The molecule has 1 aliphatic carbocycles. The predicted molar refractivity (Wildman–Crippen MR) is 93.3 cm³/mol. The highest BCUT2D eigenvalue weighted by Crippen LogP contribution is 2.31. The van der Waals surface area contributed by atoms with E-state index in [2.05, 4.69) is 10.3 Å². The summed E-state index contributed by atoms with van der Waals surface area (Å²) in [4.78, 5) is 16.3. The molecule has 1 amide bonds. The SMILES string of the molecule is O=C(CCc1ccc(F)c(F)c1)N[C@H](Cc1ccncc1)C1CC(O)C1. The number of halogens is 2. The first-order valence-electron chi connectivity index (χ1n) is 8.81. The van der Waals surface area contributed by atoms with Crippen LogP contribution in [0.3, 0.4) is 0 Å². The van der Waals surface area contributed by atoms with Gasteiger partial charge in [-0.05, 0) is 67.0 Å². The summed E-state index contributed by atoms with van der Waals surface area (Å²) in [7, 11) is 0. The third-order valence-electron chi connectivity index (χ3n) is 4.89. The molecule has 0 bridgehead atoms. The van der Waals surface area contributed by atoms with Gasteiger partial charge in [-0.2, -0.15) is 0 Å². The number of amides is 1. The maximum atomic E-state index is 13.2. The highest BCUT2D eigenvalue weighted by atomic mass is 19.2. The normalized spacial score (nSPS) is 20.3. The number of nitrogens with one attached hydrogen (secondary N) is 1. The number of nitrogens with zero attached hydrogens (tertiary/aromatic N) is 1. The van der Waals surface area contributed by atoms with Crippen LogP contribution in [0.5, 0.6) is 0 Å². The van der Waals surface area contributed by atoms with E-state index in [1.165, 1.54) is 6.07 Å². The molecule has 1 saturated carbocycles. The quantitative estimate of drug-likeness (QED) is 0.798. The van der Waals surface area contributed by atoms with Crippen molar-refractivity contribution in [1.82, 2.24) is 10.3 Å². The van der Waals surface area contributed by atoms with Gasteiger partial charge in [0.25, 0.3) is 0 Å². The lowest BCUT2D eigenvalue weighted by Crippen LogP contribution is -2.48. The molecule has 1 fully saturated rings. The molecule has 0 radical (unpaired) electrons. The number of aliphatic hydroxyl groups is 1. The highest BCUT2D eigenvalue weighted by Gasteiger charge is 2.34. The van der Waals surface area contributed by atoms with Crippen LogP contribution in [-0.4, -0.2) is 28.1 Å². The highest BCUT2D eigenvalue weighted by molar-refractivity contribution is 5.76. The Kier molecular flexibility index (Phi) is 5.93. The first kappa shape index (κ1) is 18.5. The second kappa shape index (κ2) is 8.36. The van der Waals surface area contributed by atoms with Crippen LogP contribution in [0.2, 0.25) is 0 Å². The molecule has 1 aromatic heterocycles. The fourth-order valence-corrected chi connectivity index (χ4v) is 3.30. The number of carbonyl (C=O) groups excluding carboxylic acids is 1. The van der Waals surface area contributed by atoms with Gasteiger partial charge < -0.3 is 10.4 Å². The van der Waals surface area contributed by atoms with Gasteiger partial charge in [0, 0.05) is 24.9 Å². The summed E-state index contributed by atoms with van der Waals surface area (Å²) < 4.78 is 26.2. The van der Waals surface area contributed by atoms with Crippen molar-refractivity contribution >= 4 is 5.91 Å². The number of hydrogen-bond donors (Lipinski definition) is 2. The summed E-state index contributed by atoms with van der Waals surface area (Å²) in [6, 6.07) is 7.45. The Labute approximate surface area is 151 Å². The fourth-order valence-electron chi connectivity index (χ4n) is 3.30. The molecule has 1 heterocycles. The monoisotopic (exact) mass is 360 g/mol. The second-order valence-corrected chi connectivity index (χ2v) is 6.87. The van der Waals surface area contributed by atoms with E-state index >= 15 is 0 Å². The zero-order valence-electron chi connectivity index (χ0n) is 14.4. The number of aryl methyl sites for hydroxylation is 1. The molecule has 0 spiro atoms. The van der Waals surface area contributed by atoms with Crippen LogP contribution in [0.1, 0.15) is 30.4 Å². The molecule has 2 aromatic rings. The summed E-state index contributed by atoms with van der Waals surface area (Å²) in [6.45, 7) is 0. The van der Waals surface area contributed by atoms with Gasteiger partial charge in [-0.25, -0.2) is 8.78 Å². The Balaban J connectivity index is 1.56. The van der Waals surface area contributed by atoms with Crippen molar-refractivity contribution in [2.24, 2.45) is 5.92 Å². The minimum absolute atomic E-state index is 0.0572. The van der Waals surface area contributed by atoms with Crippen molar-refractivity contribution < 1.29 is 18.7 Å². The molecule has 0 aliphatic heterocycles. The molecule has 1 atom stereocenters. The van der Waals surface area contributed by atoms with Crippen LogP contribution in [0, 0.1) is 17.6 Å². The van der Waals surface area contributed by atoms with Crippen LogP contribution in [0.4, 0.5) is 8.78 Å².